The Labute approximate surface area is 69.8 Å². The van der Waals surface area contributed by atoms with Crippen LogP contribution in [0, 0.1) is 3.70 Å². The minimum absolute atomic E-state index is 0.725. The lowest BCUT2D eigenvalue weighted by Gasteiger charge is -1.85. The lowest BCUT2D eigenvalue weighted by atomic mass is 10.5. The first kappa shape index (κ1) is 6.02. The summed E-state index contributed by atoms with van der Waals surface area (Å²) in [6.45, 7) is 0. The van der Waals surface area contributed by atoms with Gasteiger partial charge < -0.3 is 4.52 Å². The molecule has 0 fully saturated rings. The normalized spacial score (nSPS) is 10.5. The lowest BCUT2D eigenvalue weighted by molar-refractivity contribution is 0.427. The van der Waals surface area contributed by atoms with Crippen LogP contribution < -0.4 is 0 Å². The van der Waals surface area contributed by atoms with Crippen molar-refractivity contribution in [1.82, 2.24) is 15.1 Å². The molecule has 4 nitrogen and oxygen atoms in total. The number of hydrogen-bond acceptors (Lipinski definition) is 4. The quantitative estimate of drug-likeness (QED) is 0.518. The molecule has 0 amide bonds. The van der Waals surface area contributed by atoms with Crippen LogP contribution in [-0.2, 0) is 0 Å². The standard InChI is InChI=1S/C5H2IN3O/c6-5-4-3(1-10-9-4)7-2-8-5/h1-2H. The summed E-state index contributed by atoms with van der Waals surface area (Å²) in [7, 11) is 0. The maximum Gasteiger partial charge on any atom is 0.164 e. The highest BCUT2D eigenvalue weighted by atomic mass is 127. The largest absolute Gasteiger partial charge is 0.362 e. The van der Waals surface area contributed by atoms with Crippen molar-refractivity contribution < 1.29 is 4.52 Å². The fourth-order valence-corrected chi connectivity index (χ4v) is 1.17. The van der Waals surface area contributed by atoms with Crippen molar-refractivity contribution in [2.75, 3.05) is 0 Å². The zero-order valence-electron chi connectivity index (χ0n) is 4.78. The van der Waals surface area contributed by atoms with Gasteiger partial charge in [-0.15, -0.1) is 0 Å². The van der Waals surface area contributed by atoms with E-state index in [-0.39, 0.29) is 0 Å². The first-order valence-electron chi connectivity index (χ1n) is 2.58. The Kier molecular flexibility index (Phi) is 1.30. The molecule has 2 aromatic rings. The highest BCUT2D eigenvalue weighted by Crippen LogP contribution is 2.12. The van der Waals surface area contributed by atoms with Gasteiger partial charge in [0.25, 0.3) is 0 Å². The Morgan fingerprint density at radius 1 is 1.40 bits per heavy atom. The molecule has 0 saturated heterocycles. The molecule has 0 atom stereocenters. The fraction of sp³-hybridized carbons (Fsp3) is 0. The summed E-state index contributed by atoms with van der Waals surface area (Å²) in [5, 5.41) is 3.71. The average molecular weight is 247 g/mol. The van der Waals surface area contributed by atoms with E-state index in [0.29, 0.717) is 0 Å². The molecule has 0 N–H and O–H groups in total. The van der Waals surface area contributed by atoms with Gasteiger partial charge in [0.2, 0.25) is 0 Å². The minimum atomic E-state index is 0.725. The van der Waals surface area contributed by atoms with Crippen LogP contribution in [0.1, 0.15) is 0 Å². The van der Waals surface area contributed by atoms with Crippen LogP contribution in [0.5, 0.6) is 0 Å². The van der Waals surface area contributed by atoms with Gasteiger partial charge in [-0.2, -0.15) is 0 Å². The maximum absolute atomic E-state index is 4.69. The van der Waals surface area contributed by atoms with Gasteiger partial charge in [-0.25, -0.2) is 9.97 Å². The maximum atomic E-state index is 4.69. The average Bonchev–Trinajstić information content (AvgIpc) is 2.36. The summed E-state index contributed by atoms with van der Waals surface area (Å²) >= 11 is 2.08. The van der Waals surface area contributed by atoms with Gasteiger partial charge >= 0.3 is 0 Å². The van der Waals surface area contributed by atoms with Crippen molar-refractivity contribution in [3.63, 3.8) is 0 Å². The molecule has 0 aliphatic heterocycles. The van der Waals surface area contributed by atoms with Crippen molar-refractivity contribution in [3.8, 4) is 0 Å². The van der Waals surface area contributed by atoms with E-state index in [9.17, 15) is 0 Å². The molecule has 5 heteroatoms. The van der Waals surface area contributed by atoms with E-state index >= 15 is 0 Å². The van der Waals surface area contributed by atoms with Crippen LogP contribution in [0.4, 0.5) is 0 Å². The lowest BCUT2D eigenvalue weighted by Crippen LogP contribution is -1.83. The molecule has 0 bridgehead atoms. The summed E-state index contributed by atoms with van der Waals surface area (Å²) in [4.78, 5) is 7.86. The summed E-state index contributed by atoms with van der Waals surface area (Å²) in [6.07, 6.45) is 2.99. The van der Waals surface area contributed by atoms with Crippen LogP contribution in [0.25, 0.3) is 11.0 Å². The monoisotopic (exact) mass is 247 g/mol. The second-order valence-electron chi connectivity index (χ2n) is 1.71. The summed E-state index contributed by atoms with van der Waals surface area (Å²) in [5.41, 5.74) is 1.47. The van der Waals surface area contributed by atoms with Gasteiger partial charge in [0.1, 0.15) is 21.8 Å². The molecule has 10 heavy (non-hydrogen) atoms. The summed E-state index contributed by atoms with van der Waals surface area (Å²) in [5.74, 6) is 0. The van der Waals surface area contributed by atoms with E-state index in [1.807, 2.05) is 0 Å². The third kappa shape index (κ3) is 0.772. The molecule has 2 heterocycles. The SMILES string of the molecule is Ic1ncnc2conc12. The van der Waals surface area contributed by atoms with E-state index in [2.05, 4.69) is 42.2 Å². The topological polar surface area (TPSA) is 51.8 Å². The zero-order chi connectivity index (χ0) is 6.97. The zero-order valence-corrected chi connectivity index (χ0v) is 6.94. The first-order chi connectivity index (χ1) is 4.88. The van der Waals surface area contributed by atoms with E-state index in [0.717, 1.165) is 14.7 Å². The van der Waals surface area contributed by atoms with Gasteiger partial charge in [0, 0.05) is 0 Å². The second-order valence-corrected chi connectivity index (χ2v) is 2.73. The van der Waals surface area contributed by atoms with Gasteiger partial charge in [0.15, 0.2) is 5.52 Å². The van der Waals surface area contributed by atoms with Gasteiger partial charge in [0.05, 0.1) is 0 Å². The van der Waals surface area contributed by atoms with E-state index in [1.54, 1.807) is 0 Å². The molecule has 0 aliphatic carbocycles. The molecule has 0 radical (unpaired) electrons. The van der Waals surface area contributed by atoms with Crippen LogP contribution in [0.3, 0.4) is 0 Å². The third-order valence-corrected chi connectivity index (χ3v) is 1.90. The number of hydrogen-bond donors (Lipinski definition) is 0. The summed E-state index contributed by atoms with van der Waals surface area (Å²) < 4.78 is 5.50. The summed E-state index contributed by atoms with van der Waals surface area (Å²) in [6, 6.07) is 0. The molecule has 50 valence electrons. The number of halogens is 1. The van der Waals surface area contributed by atoms with Gasteiger partial charge in [-0.05, 0) is 22.6 Å². The number of aromatic nitrogens is 3. The molecule has 0 aromatic carbocycles. The van der Waals surface area contributed by atoms with Crippen LogP contribution >= 0.6 is 22.6 Å². The van der Waals surface area contributed by atoms with Crippen molar-refractivity contribution in [2.45, 2.75) is 0 Å². The Morgan fingerprint density at radius 3 is 3.10 bits per heavy atom. The minimum Gasteiger partial charge on any atom is -0.362 e. The van der Waals surface area contributed by atoms with Crippen LogP contribution in [0.2, 0.25) is 0 Å². The van der Waals surface area contributed by atoms with E-state index in [4.69, 9.17) is 0 Å². The van der Waals surface area contributed by atoms with Crippen molar-refractivity contribution in [1.29, 1.82) is 0 Å². The fourth-order valence-electron chi connectivity index (χ4n) is 0.669. The number of nitrogens with zero attached hydrogens (tertiary/aromatic N) is 3. The number of rotatable bonds is 0. The Balaban J connectivity index is 2.95. The number of fused-ring (bicyclic) bond motifs is 1. The molecule has 0 unspecified atom stereocenters. The smallest absolute Gasteiger partial charge is 0.164 e. The highest BCUT2D eigenvalue weighted by Gasteiger charge is 2.02. The molecule has 2 aromatic heterocycles. The Bertz CT molecular complexity index is 358. The predicted octanol–water partition coefficient (Wildman–Crippen LogP) is 1.22. The molecular weight excluding hydrogens is 245 g/mol. The second kappa shape index (κ2) is 2.15. The Morgan fingerprint density at radius 2 is 2.30 bits per heavy atom. The molecule has 0 spiro atoms. The molecular formula is C5H2IN3O. The van der Waals surface area contributed by atoms with Crippen molar-refractivity contribution in [2.24, 2.45) is 0 Å². The predicted molar refractivity (Wildman–Crippen MR) is 42.3 cm³/mol. The Hall–Kier alpha value is -0.720. The molecule has 0 saturated carbocycles. The third-order valence-electron chi connectivity index (χ3n) is 1.11. The van der Waals surface area contributed by atoms with Crippen molar-refractivity contribution in [3.05, 3.63) is 16.3 Å². The van der Waals surface area contributed by atoms with Gasteiger partial charge in [-0.1, -0.05) is 5.16 Å². The van der Waals surface area contributed by atoms with E-state index in [1.165, 1.54) is 12.6 Å². The van der Waals surface area contributed by atoms with Gasteiger partial charge in [-0.3, -0.25) is 0 Å². The van der Waals surface area contributed by atoms with Crippen LogP contribution in [-0.4, -0.2) is 15.1 Å². The van der Waals surface area contributed by atoms with Crippen molar-refractivity contribution >= 4 is 33.6 Å². The highest BCUT2D eigenvalue weighted by molar-refractivity contribution is 14.1. The van der Waals surface area contributed by atoms with Crippen LogP contribution in [0.15, 0.2) is 17.1 Å². The molecule has 0 aliphatic rings. The van der Waals surface area contributed by atoms with E-state index < -0.39 is 0 Å². The molecule has 2 rings (SSSR count). The first-order valence-corrected chi connectivity index (χ1v) is 3.66.